The molecule has 0 saturated carbocycles. The minimum absolute atomic E-state index is 0.104. The van der Waals surface area contributed by atoms with Crippen LogP contribution in [0.1, 0.15) is 57.4 Å². The molecular weight excluding hydrogens is 304 g/mol. The lowest BCUT2D eigenvalue weighted by Gasteiger charge is -2.03. The zero-order chi connectivity index (χ0) is 17.2. The number of ether oxygens (including phenoxy) is 3. The number of aryl methyl sites for hydroxylation is 1. The fourth-order valence-electron chi connectivity index (χ4n) is 2.43. The van der Waals surface area contributed by atoms with Crippen LogP contribution >= 0.6 is 0 Å². The second-order valence-corrected chi connectivity index (χ2v) is 5.92. The summed E-state index contributed by atoms with van der Waals surface area (Å²) in [7, 11) is 0. The quantitative estimate of drug-likeness (QED) is 0.298. The van der Waals surface area contributed by atoms with Crippen LogP contribution in [0.5, 0.6) is 5.75 Å². The van der Waals surface area contributed by atoms with E-state index in [4.69, 9.17) is 14.2 Å². The lowest BCUT2D eigenvalue weighted by molar-refractivity contribution is -0.135. The Kier molecular flexibility index (Phi) is 7.40. The fourth-order valence-corrected chi connectivity index (χ4v) is 2.43. The first kappa shape index (κ1) is 18.1. The van der Waals surface area contributed by atoms with E-state index >= 15 is 0 Å². The van der Waals surface area contributed by atoms with Gasteiger partial charge in [0.2, 0.25) is 0 Å². The van der Waals surface area contributed by atoms with Crippen LogP contribution < -0.4 is 4.74 Å². The van der Waals surface area contributed by atoms with Crippen molar-refractivity contribution in [2.45, 2.75) is 58.3 Å². The standard InChI is InChI=1S/C20H26O4/c1-3-5-6-7-8-9-10-11-16-12-14-17(15-13-16)22-19-20(24-19)23-18(21)4-2/h4,12-15H,2-3,5-11H2,1H3. The molecule has 0 aromatic heterocycles. The van der Waals surface area contributed by atoms with Gasteiger partial charge in [-0.15, -0.1) is 0 Å². The van der Waals surface area contributed by atoms with Gasteiger partial charge < -0.3 is 14.2 Å². The van der Waals surface area contributed by atoms with E-state index in [1.165, 1.54) is 50.5 Å². The molecule has 2 rings (SSSR count). The number of rotatable bonds is 12. The molecular formula is C20H26O4. The van der Waals surface area contributed by atoms with Crippen molar-refractivity contribution in [3.05, 3.63) is 54.4 Å². The van der Waals surface area contributed by atoms with Gasteiger partial charge in [0.1, 0.15) is 5.75 Å². The van der Waals surface area contributed by atoms with Crippen LogP contribution in [0.3, 0.4) is 0 Å². The molecule has 4 heteroatoms. The van der Waals surface area contributed by atoms with Crippen LogP contribution in [0.25, 0.3) is 0 Å². The highest BCUT2D eigenvalue weighted by Crippen LogP contribution is 2.30. The summed E-state index contributed by atoms with van der Waals surface area (Å²) in [6, 6.07) is 7.92. The van der Waals surface area contributed by atoms with Crippen LogP contribution in [0.4, 0.5) is 0 Å². The van der Waals surface area contributed by atoms with Crippen molar-refractivity contribution in [2.75, 3.05) is 0 Å². The van der Waals surface area contributed by atoms with Crippen LogP contribution in [0.15, 0.2) is 48.8 Å². The van der Waals surface area contributed by atoms with E-state index in [9.17, 15) is 4.79 Å². The normalized spacial score (nSPS) is 12.5. The first-order valence-corrected chi connectivity index (χ1v) is 8.76. The summed E-state index contributed by atoms with van der Waals surface area (Å²) in [5, 5.41) is 0. The minimum atomic E-state index is -0.561. The van der Waals surface area contributed by atoms with Crippen LogP contribution in [0, 0.1) is 0 Å². The maximum atomic E-state index is 11.0. The maximum Gasteiger partial charge on any atom is 0.381 e. The highest BCUT2D eigenvalue weighted by atomic mass is 16.8. The second-order valence-electron chi connectivity index (χ2n) is 5.92. The number of carbonyl (C=O) groups is 1. The fraction of sp³-hybridized carbons (Fsp3) is 0.450. The Morgan fingerprint density at radius 2 is 1.71 bits per heavy atom. The third-order valence-corrected chi connectivity index (χ3v) is 3.87. The van der Waals surface area contributed by atoms with Crippen molar-refractivity contribution in [1.82, 2.24) is 0 Å². The second kappa shape index (κ2) is 9.81. The first-order chi connectivity index (χ1) is 11.7. The molecule has 0 atom stereocenters. The number of esters is 1. The average Bonchev–Trinajstić information content (AvgIpc) is 3.32. The number of unbranched alkanes of at least 4 members (excludes halogenated alkanes) is 6. The molecule has 24 heavy (non-hydrogen) atoms. The molecule has 1 aliphatic heterocycles. The van der Waals surface area contributed by atoms with E-state index in [0.29, 0.717) is 5.75 Å². The van der Waals surface area contributed by atoms with Gasteiger partial charge in [0.15, 0.2) is 0 Å². The largest absolute Gasteiger partial charge is 0.421 e. The zero-order valence-corrected chi connectivity index (χ0v) is 14.4. The summed E-state index contributed by atoms with van der Waals surface area (Å²) in [5.74, 6) is 0.434. The predicted molar refractivity (Wildman–Crippen MR) is 93.2 cm³/mol. The molecule has 0 spiro atoms. The van der Waals surface area contributed by atoms with Gasteiger partial charge in [-0.1, -0.05) is 64.2 Å². The Balaban J connectivity index is 1.64. The van der Waals surface area contributed by atoms with Gasteiger partial charge in [-0.3, -0.25) is 0 Å². The molecule has 4 nitrogen and oxygen atoms in total. The summed E-state index contributed by atoms with van der Waals surface area (Å²) in [6.45, 7) is 5.56. The number of hydrogen-bond donors (Lipinski definition) is 0. The molecule has 1 heterocycles. The number of benzene rings is 1. The van der Waals surface area contributed by atoms with Gasteiger partial charge in [0, 0.05) is 6.08 Å². The lowest BCUT2D eigenvalue weighted by Crippen LogP contribution is -1.94. The van der Waals surface area contributed by atoms with Gasteiger partial charge in [0.25, 0.3) is 0 Å². The van der Waals surface area contributed by atoms with Gasteiger partial charge in [-0.25, -0.2) is 4.79 Å². The Labute approximate surface area is 144 Å². The monoisotopic (exact) mass is 330 g/mol. The van der Waals surface area contributed by atoms with E-state index in [2.05, 4.69) is 25.6 Å². The molecule has 1 aromatic rings. The van der Waals surface area contributed by atoms with E-state index in [1.54, 1.807) is 0 Å². The van der Waals surface area contributed by atoms with Gasteiger partial charge >= 0.3 is 17.9 Å². The summed E-state index contributed by atoms with van der Waals surface area (Å²) in [4.78, 5) is 11.0. The Hall–Kier alpha value is -2.23. The number of carbonyl (C=O) groups excluding carboxylic acids is 1. The lowest BCUT2D eigenvalue weighted by atomic mass is 10.0. The first-order valence-electron chi connectivity index (χ1n) is 8.76. The maximum absolute atomic E-state index is 11.0. The van der Waals surface area contributed by atoms with Crippen molar-refractivity contribution >= 4 is 5.97 Å². The molecule has 0 N–H and O–H groups in total. The van der Waals surface area contributed by atoms with Crippen LogP contribution in [-0.2, 0) is 20.7 Å². The third-order valence-electron chi connectivity index (χ3n) is 3.87. The Bertz CT molecular complexity index is 572. The molecule has 1 aromatic carbocycles. The highest BCUT2D eigenvalue weighted by molar-refractivity contribution is 5.82. The predicted octanol–water partition coefficient (Wildman–Crippen LogP) is 5.24. The van der Waals surface area contributed by atoms with Crippen molar-refractivity contribution in [2.24, 2.45) is 0 Å². The van der Waals surface area contributed by atoms with Gasteiger partial charge in [-0.05, 0) is 30.5 Å². The molecule has 0 saturated heterocycles. The molecule has 0 radical (unpaired) electrons. The molecule has 0 amide bonds. The van der Waals surface area contributed by atoms with E-state index in [1.807, 2.05) is 12.1 Å². The van der Waals surface area contributed by atoms with Gasteiger partial charge in [-0.2, -0.15) is 0 Å². The SMILES string of the molecule is C=CC(=O)OC1=C(Oc2ccc(CCCCCCCCC)cc2)O1. The van der Waals surface area contributed by atoms with Crippen molar-refractivity contribution < 1.29 is 19.0 Å². The molecule has 0 fully saturated rings. The summed E-state index contributed by atoms with van der Waals surface area (Å²) in [6.07, 6.45) is 11.4. The third kappa shape index (κ3) is 6.49. The minimum Gasteiger partial charge on any atom is -0.421 e. The van der Waals surface area contributed by atoms with Crippen LogP contribution in [-0.4, -0.2) is 5.97 Å². The number of hydrogen-bond acceptors (Lipinski definition) is 4. The molecule has 1 aliphatic rings. The Morgan fingerprint density at radius 3 is 2.38 bits per heavy atom. The smallest absolute Gasteiger partial charge is 0.381 e. The van der Waals surface area contributed by atoms with E-state index < -0.39 is 5.97 Å². The summed E-state index contributed by atoms with van der Waals surface area (Å²) in [5.41, 5.74) is 1.31. The van der Waals surface area contributed by atoms with Crippen LogP contribution in [0.2, 0.25) is 0 Å². The van der Waals surface area contributed by atoms with Crippen molar-refractivity contribution in [3.63, 3.8) is 0 Å². The topological polar surface area (TPSA) is 48.1 Å². The van der Waals surface area contributed by atoms with E-state index in [-0.39, 0.29) is 11.9 Å². The average molecular weight is 330 g/mol. The molecule has 0 unspecified atom stereocenters. The molecule has 0 bridgehead atoms. The summed E-state index contributed by atoms with van der Waals surface area (Å²) < 4.78 is 15.2. The van der Waals surface area contributed by atoms with Crippen molar-refractivity contribution in [1.29, 1.82) is 0 Å². The van der Waals surface area contributed by atoms with E-state index in [0.717, 1.165) is 12.5 Å². The zero-order valence-electron chi connectivity index (χ0n) is 14.4. The van der Waals surface area contributed by atoms with Gasteiger partial charge in [0.05, 0.1) is 0 Å². The highest BCUT2D eigenvalue weighted by Gasteiger charge is 2.33. The Morgan fingerprint density at radius 1 is 1.04 bits per heavy atom. The molecule has 130 valence electrons. The molecule has 0 aliphatic carbocycles. The summed E-state index contributed by atoms with van der Waals surface area (Å²) >= 11 is 0. The van der Waals surface area contributed by atoms with Crippen molar-refractivity contribution in [3.8, 4) is 5.75 Å².